The maximum Gasteiger partial charge on any atom is 0.276 e. The number of para-hydroxylation sites is 1. The van der Waals surface area contributed by atoms with Gasteiger partial charge in [-0.15, -0.1) is 10.2 Å². The lowest BCUT2D eigenvalue weighted by Gasteiger charge is -2.10. The number of nitrogens with zero attached hydrogens (tertiary/aromatic N) is 2. The molecular weight excluding hydrogens is 319 g/mol. The molecule has 0 aliphatic heterocycles. The number of carbonyl (C=O) groups excluding carboxylic acids is 1. The Kier molecular flexibility index (Phi) is 4.70. The molecule has 2 aromatic carbocycles. The Morgan fingerprint density at radius 1 is 0.960 bits per heavy atom. The van der Waals surface area contributed by atoms with Crippen molar-refractivity contribution in [3.05, 3.63) is 77.2 Å². The van der Waals surface area contributed by atoms with Crippen molar-refractivity contribution in [3.8, 4) is 0 Å². The van der Waals surface area contributed by atoms with E-state index in [1.54, 1.807) is 18.2 Å². The summed E-state index contributed by atoms with van der Waals surface area (Å²) in [6.07, 6.45) is 0. The number of aromatic nitrogens is 2. The zero-order chi connectivity index (χ0) is 17.8. The molecule has 6 heteroatoms. The van der Waals surface area contributed by atoms with E-state index < -0.39 is 11.7 Å². The van der Waals surface area contributed by atoms with Crippen LogP contribution in [0.25, 0.3) is 0 Å². The van der Waals surface area contributed by atoms with Crippen molar-refractivity contribution in [2.75, 3.05) is 10.6 Å². The topological polar surface area (TPSA) is 66.9 Å². The maximum absolute atomic E-state index is 13.6. The third-order valence-corrected chi connectivity index (χ3v) is 3.68. The summed E-state index contributed by atoms with van der Waals surface area (Å²) in [7, 11) is 0. The molecule has 0 saturated carbocycles. The average molecular weight is 336 g/mol. The summed E-state index contributed by atoms with van der Waals surface area (Å²) in [4.78, 5) is 12.1. The SMILES string of the molecule is Cc1ccc(C)c(Nc2ccc(C(=O)Nc3ccccc3F)nn2)c1. The molecule has 0 fully saturated rings. The number of anilines is 3. The van der Waals surface area contributed by atoms with Gasteiger partial charge in [0.1, 0.15) is 5.82 Å². The molecule has 0 radical (unpaired) electrons. The molecule has 25 heavy (non-hydrogen) atoms. The van der Waals surface area contributed by atoms with E-state index in [1.807, 2.05) is 32.0 Å². The van der Waals surface area contributed by atoms with E-state index in [0.29, 0.717) is 5.82 Å². The molecule has 126 valence electrons. The number of hydrogen-bond acceptors (Lipinski definition) is 4. The second-order valence-electron chi connectivity index (χ2n) is 5.68. The molecule has 1 aromatic heterocycles. The van der Waals surface area contributed by atoms with Crippen LogP contribution in [0.3, 0.4) is 0 Å². The van der Waals surface area contributed by atoms with Crippen LogP contribution in [0.4, 0.5) is 21.6 Å². The molecule has 3 rings (SSSR count). The summed E-state index contributed by atoms with van der Waals surface area (Å²) in [5.74, 6) is -0.496. The summed E-state index contributed by atoms with van der Waals surface area (Å²) < 4.78 is 13.6. The summed E-state index contributed by atoms with van der Waals surface area (Å²) >= 11 is 0. The van der Waals surface area contributed by atoms with E-state index in [2.05, 4.69) is 20.8 Å². The van der Waals surface area contributed by atoms with Gasteiger partial charge in [-0.25, -0.2) is 4.39 Å². The van der Waals surface area contributed by atoms with Gasteiger partial charge < -0.3 is 10.6 Å². The fourth-order valence-corrected chi connectivity index (χ4v) is 2.28. The number of hydrogen-bond donors (Lipinski definition) is 2. The standard InChI is InChI=1S/C19H17FN4O/c1-12-7-8-13(2)17(11-12)21-18-10-9-16(23-24-18)19(25)22-15-6-4-3-5-14(15)20/h3-11H,1-2H3,(H,21,24)(H,22,25). The normalized spacial score (nSPS) is 10.4. The molecule has 1 amide bonds. The first kappa shape index (κ1) is 16.6. The summed E-state index contributed by atoms with van der Waals surface area (Å²) in [5.41, 5.74) is 3.34. The molecule has 0 saturated heterocycles. The van der Waals surface area contributed by atoms with E-state index in [0.717, 1.165) is 16.8 Å². The second kappa shape index (κ2) is 7.09. The van der Waals surface area contributed by atoms with Crippen LogP contribution in [-0.4, -0.2) is 16.1 Å². The average Bonchev–Trinajstić information content (AvgIpc) is 2.61. The van der Waals surface area contributed by atoms with Crippen molar-refractivity contribution >= 4 is 23.1 Å². The van der Waals surface area contributed by atoms with Crippen molar-refractivity contribution in [2.45, 2.75) is 13.8 Å². The lowest BCUT2D eigenvalue weighted by Crippen LogP contribution is -2.15. The Balaban J connectivity index is 1.72. The third kappa shape index (κ3) is 3.98. The van der Waals surface area contributed by atoms with Gasteiger partial charge in [-0.05, 0) is 55.3 Å². The van der Waals surface area contributed by atoms with Crippen molar-refractivity contribution in [3.63, 3.8) is 0 Å². The molecule has 0 bridgehead atoms. The molecule has 1 heterocycles. The van der Waals surface area contributed by atoms with Crippen molar-refractivity contribution in [2.24, 2.45) is 0 Å². The highest BCUT2D eigenvalue weighted by atomic mass is 19.1. The van der Waals surface area contributed by atoms with Crippen molar-refractivity contribution in [1.29, 1.82) is 0 Å². The molecule has 5 nitrogen and oxygen atoms in total. The van der Waals surface area contributed by atoms with E-state index in [1.165, 1.54) is 18.2 Å². The van der Waals surface area contributed by atoms with Crippen LogP contribution in [0.2, 0.25) is 0 Å². The first-order valence-electron chi connectivity index (χ1n) is 7.77. The van der Waals surface area contributed by atoms with Gasteiger partial charge in [-0.3, -0.25) is 4.79 Å². The van der Waals surface area contributed by atoms with Crippen LogP contribution in [0.5, 0.6) is 0 Å². The van der Waals surface area contributed by atoms with Gasteiger partial charge in [0.25, 0.3) is 5.91 Å². The number of amides is 1. The monoisotopic (exact) mass is 336 g/mol. The molecule has 0 aliphatic carbocycles. The lowest BCUT2D eigenvalue weighted by molar-refractivity contribution is 0.102. The number of rotatable bonds is 4. The van der Waals surface area contributed by atoms with Crippen LogP contribution in [0.15, 0.2) is 54.6 Å². The molecule has 0 spiro atoms. The molecule has 2 N–H and O–H groups in total. The summed E-state index contributed by atoms with van der Waals surface area (Å²) in [6.45, 7) is 4.00. The van der Waals surface area contributed by atoms with Crippen LogP contribution < -0.4 is 10.6 Å². The van der Waals surface area contributed by atoms with Gasteiger partial charge in [0, 0.05) is 5.69 Å². The number of aryl methyl sites for hydroxylation is 2. The Morgan fingerprint density at radius 3 is 2.48 bits per heavy atom. The number of carbonyl (C=O) groups is 1. The van der Waals surface area contributed by atoms with Crippen molar-refractivity contribution in [1.82, 2.24) is 10.2 Å². The highest BCUT2D eigenvalue weighted by Crippen LogP contribution is 2.20. The molecule has 3 aromatic rings. The predicted octanol–water partition coefficient (Wildman–Crippen LogP) is 4.23. The minimum absolute atomic E-state index is 0.104. The Morgan fingerprint density at radius 2 is 1.76 bits per heavy atom. The van der Waals surface area contributed by atoms with Gasteiger partial charge >= 0.3 is 0 Å². The Labute approximate surface area is 144 Å². The fraction of sp³-hybridized carbons (Fsp3) is 0.105. The largest absolute Gasteiger partial charge is 0.339 e. The third-order valence-electron chi connectivity index (χ3n) is 3.68. The second-order valence-corrected chi connectivity index (χ2v) is 5.68. The van der Waals surface area contributed by atoms with Gasteiger partial charge in [-0.2, -0.15) is 0 Å². The van der Waals surface area contributed by atoms with Crippen LogP contribution in [0.1, 0.15) is 21.6 Å². The minimum Gasteiger partial charge on any atom is -0.339 e. The van der Waals surface area contributed by atoms with Crippen LogP contribution in [-0.2, 0) is 0 Å². The quantitative estimate of drug-likeness (QED) is 0.748. The van der Waals surface area contributed by atoms with Gasteiger partial charge in [-0.1, -0.05) is 24.3 Å². The number of halogens is 1. The highest BCUT2D eigenvalue weighted by molar-refractivity contribution is 6.02. The molecular formula is C19H17FN4O. The zero-order valence-electron chi connectivity index (χ0n) is 13.9. The molecule has 0 atom stereocenters. The van der Waals surface area contributed by atoms with Gasteiger partial charge in [0.2, 0.25) is 0 Å². The van der Waals surface area contributed by atoms with Gasteiger partial charge in [0.05, 0.1) is 5.69 Å². The molecule has 0 aliphatic rings. The Bertz CT molecular complexity index is 910. The maximum atomic E-state index is 13.6. The molecule has 0 unspecified atom stereocenters. The predicted molar refractivity (Wildman–Crippen MR) is 95.6 cm³/mol. The highest BCUT2D eigenvalue weighted by Gasteiger charge is 2.11. The lowest BCUT2D eigenvalue weighted by atomic mass is 10.1. The summed E-state index contributed by atoms with van der Waals surface area (Å²) in [5, 5.41) is 13.6. The first-order chi connectivity index (χ1) is 12.0. The van der Waals surface area contributed by atoms with Crippen LogP contribution >= 0.6 is 0 Å². The minimum atomic E-state index is -0.518. The van der Waals surface area contributed by atoms with E-state index in [4.69, 9.17) is 0 Å². The smallest absolute Gasteiger partial charge is 0.276 e. The van der Waals surface area contributed by atoms with Gasteiger partial charge in [0.15, 0.2) is 11.5 Å². The fourth-order valence-electron chi connectivity index (χ4n) is 2.28. The summed E-state index contributed by atoms with van der Waals surface area (Å²) in [6, 6.07) is 15.2. The number of benzene rings is 2. The first-order valence-corrected chi connectivity index (χ1v) is 7.77. The van der Waals surface area contributed by atoms with E-state index in [-0.39, 0.29) is 11.4 Å². The van der Waals surface area contributed by atoms with E-state index in [9.17, 15) is 9.18 Å². The van der Waals surface area contributed by atoms with E-state index >= 15 is 0 Å². The van der Waals surface area contributed by atoms with Crippen LogP contribution in [0, 0.1) is 19.7 Å². The zero-order valence-corrected chi connectivity index (χ0v) is 13.9. The van der Waals surface area contributed by atoms with Crippen molar-refractivity contribution < 1.29 is 9.18 Å². The number of nitrogens with one attached hydrogen (secondary N) is 2. The Hall–Kier alpha value is -3.28.